The minimum absolute atomic E-state index is 0.0218. The van der Waals surface area contributed by atoms with E-state index in [4.69, 9.17) is 9.47 Å². The van der Waals surface area contributed by atoms with Gasteiger partial charge in [0.25, 0.3) is 5.91 Å². The number of carbonyl (C=O) groups excluding carboxylic acids is 1. The summed E-state index contributed by atoms with van der Waals surface area (Å²) in [4.78, 5) is 19.1. The average Bonchev–Trinajstić information content (AvgIpc) is 3.15. The molecule has 0 radical (unpaired) electrons. The third-order valence-corrected chi connectivity index (χ3v) is 4.74. The van der Waals surface area contributed by atoms with Gasteiger partial charge in [0.2, 0.25) is 0 Å². The lowest BCUT2D eigenvalue weighted by Crippen LogP contribution is -2.41. The number of aromatic nitrogens is 1. The number of amides is 1. The molecule has 0 saturated carbocycles. The van der Waals surface area contributed by atoms with E-state index in [9.17, 15) is 4.79 Å². The van der Waals surface area contributed by atoms with Crippen LogP contribution in [0, 0.1) is 5.92 Å². The van der Waals surface area contributed by atoms with Gasteiger partial charge in [0.05, 0.1) is 13.2 Å². The fraction of sp³-hybridized carbons (Fsp3) is 0.444. The Morgan fingerprint density at radius 3 is 2.61 bits per heavy atom. The Bertz CT molecular complexity index is 699. The number of nitrogens with zero attached hydrogens (tertiary/aromatic N) is 2. The summed E-state index contributed by atoms with van der Waals surface area (Å²) in [5.41, 5.74) is 0.551. The summed E-state index contributed by atoms with van der Waals surface area (Å²) < 4.78 is 11.2. The van der Waals surface area contributed by atoms with Crippen molar-refractivity contribution in [3.63, 3.8) is 0 Å². The normalized spacial score (nSPS) is 20.3. The van der Waals surface area contributed by atoms with Gasteiger partial charge >= 0.3 is 0 Å². The highest BCUT2D eigenvalue weighted by atomic mass is 16.7. The first-order chi connectivity index (χ1) is 11.3. The Kier molecular flexibility index (Phi) is 3.97. The predicted octanol–water partition coefficient (Wildman–Crippen LogP) is 2.46. The second-order valence-corrected chi connectivity index (χ2v) is 6.12. The Hall–Kier alpha value is -1.98. The van der Waals surface area contributed by atoms with Crippen molar-refractivity contribution in [1.29, 1.82) is 0 Å². The fourth-order valence-corrected chi connectivity index (χ4v) is 3.46. The van der Waals surface area contributed by atoms with Gasteiger partial charge in [0.1, 0.15) is 5.69 Å². The quantitative estimate of drug-likeness (QED) is 0.855. The maximum absolute atomic E-state index is 12.8. The van der Waals surface area contributed by atoms with Crippen LogP contribution in [0.1, 0.15) is 23.3 Å². The van der Waals surface area contributed by atoms with Crippen molar-refractivity contribution < 1.29 is 14.3 Å². The second kappa shape index (κ2) is 6.26. The summed E-state index contributed by atoms with van der Waals surface area (Å²) in [6.07, 6.45) is 3.47. The molecule has 4 rings (SSSR count). The molecule has 2 aliphatic heterocycles. The third kappa shape index (κ3) is 2.82. The highest BCUT2D eigenvalue weighted by Gasteiger charge is 2.32. The minimum atomic E-state index is -0.0806. The van der Waals surface area contributed by atoms with Crippen molar-refractivity contribution in [3.8, 4) is 0 Å². The van der Waals surface area contributed by atoms with Gasteiger partial charge in [0, 0.05) is 30.6 Å². The van der Waals surface area contributed by atoms with E-state index in [1.54, 1.807) is 6.20 Å². The van der Waals surface area contributed by atoms with Crippen LogP contribution in [0.25, 0.3) is 10.8 Å². The number of fused-ring (bicyclic) bond motifs is 1. The van der Waals surface area contributed by atoms with Crippen LogP contribution in [0.2, 0.25) is 0 Å². The summed E-state index contributed by atoms with van der Waals surface area (Å²) in [7, 11) is 0. The van der Waals surface area contributed by atoms with E-state index >= 15 is 0 Å². The van der Waals surface area contributed by atoms with Gasteiger partial charge in [-0.15, -0.1) is 0 Å². The smallest absolute Gasteiger partial charge is 0.273 e. The molecule has 2 saturated heterocycles. The first kappa shape index (κ1) is 14.6. The topological polar surface area (TPSA) is 51.7 Å². The van der Waals surface area contributed by atoms with E-state index in [0.29, 0.717) is 24.8 Å². The summed E-state index contributed by atoms with van der Waals surface area (Å²) in [5, 5.41) is 1.97. The number of hydrogen-bond acceptors (Lipinski definition) is 4. The Balaban J connectivity index is 1.49. The van der Waals surface area contributed by atoms with Crippen molar-refractivity contribution >= 4 is 16.7 Å². The van der Waals surface area contributed by atoms with Crippen LogP contribution in [0.15, 0.2) is 36.5 Å². The van der Waals surface area contributed by atoms with Gasteiger partial charge in [-0.25, -0.2) is 0 Å². The maximum atomic E-state index is 12.8. The van der Waals surface area contributed by atoms with E-state index in [1.165, 1.54) is 0 Å². The number of rotatable bonds is 2. The Labute approximate surface area is 135 Å². The molecule has 120 valence electrons. The number of likely N-dealkylation sites (tertiary alicyclic amines) is 1. The third-order valence-electron chi connectivity index (χ3n) is 4.74. The predicted molar refractivity (Wildman–Crippen MR) is 86.1 cm³/mol. The molecule has 0 N–H and O–H groups in total. The van der Waals surface area contributed by atoms with Crippen molar-refractivity contribution in [2.45, 2.75) is 19.1 Å². The van der Waals surface area contributed by atoms with Gasteiger partial charge in [-0.05, 0) is 24.3 Å². The molecule has 1 aromatic heterocycles. The lowest BCUT2D eigenvalue weighted by Gasteiger charge is -2.33. The number of pyridine rings is 1. The van der Waals surface area contributed by atoms with Crippen LogP contribution in [0.4, 0.5) is 0 Å². The zero-order chi connectivity index (χ0) is 15.6. The summed E-state index contributed by atoms with van der Waals surface area (Å²) >= 11 is 0. The molecule has 2 aromatic rings. The summed E-state index contributed by atoms with van der Waals surface area (Å²) in [6.45, 7) is 2.84. The van der Waals surface area contributed by atoms with Gasteiger partial charge in [-0.2, -0.15) is 0 Å². The van der Waals surface area contributed by atoms with Crippen molar-refractivity contribution in [2.75, 3.05) is 26.3 Å². The fourth-order valence-electron chi connectivity index (χ4n) is 3.46. The molecule has 1 aromatic carbocycles. The van der Waals surface area contributed by atoms with Gasteiger partial charge in [-0.3, -0.25) is 9.78 Å². The molecular weight excluding hydrogens is 292 g/mol. The molecule has 0 unspecified atom stereocenters. The van der Waals surface area contributed by atoms with E-state index < -0.39 is 0 Å². The number of piperidine rings is 1. The SMILES string of the molecule is O=C(c1nccc2ccccc12)N1CCC(C2OCCO2)CC1. The highest BCUT2D eigenvalue weighted by molar-refractivity contribution is 6.05. The van der Waals surface area contributed by atoms with Crippen LogP contribution in [0.3, 0.4) is 0 Å². The van der Waals surface area contributed by atoms with E-state index in [-0.39, 0.29) is 12.2 Å². The van der Waals surface area contributed by atoms with Crippen LogP contribution in [-0.4, -0.2) is 48.4 Å². The van der Waals surface area contributed by atoms with Crippen molar-refractivity contribution in [2.24, 2.45) is 5.92 Å². The van der Waals surface area contributed by atoms with Crippen LogP contribution in [-0.2, 0) is 9.47 Å². The van der Waals surface area contributed by atoms with Crippen LogP contribution >= 0.6 is 0 Å². The maximum Gasteiger partial charge on any atom is 0.273 e. The van der Waals surface area contributed by atoms with Crippen LogP contribution < -0.4 is 0 Å². The molecule has 0 spiro atoms. The van der Waals surface area contributed by atoms with Gasteiger partial charge in [-0.1, -0.05) is 24.3 Å². The monoisotopic (exact) mass is 312 g/mol. The molecule has 3 heterocycles. The molecule has 23 heavy (non-hydrogen) atoms. The van der Waals surface area contributed by atoms with Crippen LogP contribution in [0.5, 0.6) is 0 Å². The van der Waals surface area contributed by atoms with Crippen molar-refractivity contribution in [3.05, 3.63) is 42.2 Å². The standard InChI is InChI=1S/C18H20N2O3/c21-17(16-15-4-2-1-3-13(15)5-8-19-16)20-9-6-14(7-10-20)18-22-11-12-23-18/h1-5,8,14,18H,6-7,9-12H2. The zero-order valence-corrected chi connectivity index (χ0v) is 13.0. The minimum Gasteiger partial charge on any atom is -0.350 e. The lowest BCUT2D eigenvalue weighted by atomic mass is 9.95. The average molecular weight is 312 g/mol. The summed E-state index contributed by atoms with van der Waals surface area (Å²) in [5.74, 6) is 0.413. The molecule has 0 atom stereocenters. The molecular formula is C18H20N2O3. The first-order valence-electron chi connectivity index (χ1n) is 8.19. The van der Waals surface area contributed by atoms with E-state index in [1.807, 2.05) is 35.2 Å². The molecule has 0 bridgehead atoms. The summed E-state index contributed by atoms with van der Waals surface area (Å²) in [6, 6.07) is 9.83. The largest absolute Gasteiger partial charge is 0.350 e. The van der Waals surface area contributed by atoms with E-state index in [0.717, 1.165) is 36.7 Å². The van der Waals surface area contributed by atoms with Crippen molar-refractivity contribution in [1.82, 2.24) is 9.88 Å². The Morgan fingerprint density at radius 1 is 1.09 bits per heavy atom. The highest BCUT2D eigenvalue weighted by Crippen LogP contribution is 2.27. The second-order valence-electron chi connectivity index (χ2n) is 6.12. The molecule has 5 heteroatoms. The zero-order valence-electron chi connectivity index (χ0n) is 13.0. The first-order valence-corrected chi connectivity index (χ1v) is 8.19. The molecule has 2 aliphatic rings. The van der Waals surface area contributed by atoms with E-state index in [2.05, 4.69) is 4.98 Å². The number of hydrogen-bond donors (Lipinski definition) is 0. The number of benzene rings is 1. The number of carbonyl (C=O) groups is 1. The molecule has 5 nitrogen and oxygen atoms in total. The lowest BCUT2D eigenvalue weighted by molar-refractivity contribution is -0.0956. The Morgan fingerprint density at radius 2 is 1.83 bits per heavy atom. The molecule has 0 aliphatic carbocycles. The van der Waals surface area contributed by atoms with Gasteiger partial charge in [0.15, 0.2) is 6.29 Å². The number of ether oxygens (including phenoxy) is 2. The molecule has 2 fully saturated rings. The molecule has 1 amide bonds. The van der Waals surface area contributed by atoms with Gasteiger partial charge < -0.3 is 14.4 Å².